The van der Waals surface area contributed by atoms with Gasteiger partial charge in [-0.15, -0.1) is 0 Å². The number of nitrogens with one attached hydrogen (secondary N) is 1. The number of carboxylic acids is 2. The van der Waals surface area contributed by atoms with Gasteiger partial charge in [-0.1, -0.05) is 48.5 Å². The molecule has 0 radical (unpaired) electrons. The number of fused-ring (bicyclic) bond motifs is 2. The standard InChI is InChI=1S/C29H32FN3O.C4H4O4/c30-24-13-15-25(16-14-24)33-20-18-32(19-21-33)17-5-10-28(34)31-29-26-8-3-1-6-22(26)11-12-23-7-2-4-9-27(23)29;5-3(6)1-2-4(7)8/h1-4,6-9,13-16,29H,5,10-12,17-21H2,(H,31,34);1-2H,(H,5,6)(H,7,8)/b;2-1-. The zero-order valence-corrected chi connectivity index (χ0v) is 23.4. The number of piperazine rings is 1. The molecule has 8 nitrogen and oxygen atoms in total. The number of hydrogen-bond acceptors (Lipinski definition) is 5. The maximum Gasteiger partial charge on any atom is 0.328 e. The lowest BCUT2D eigenvalue weighted by Gasteiger charge is -2.36. The molecule has 3 N–H and O–H groups in total. The summed E-state index contributed by atoms with van der Waals surface area (Å²) in [6, 6.07) is 23.6. The van der Waals surface area contributed by atoms with Gasteiger partial charge in [-0.05, 0) is 72.3 Å². The Kier molecular flexibility index (Phi) is 10.8. The molecular formula is C33H36FN3O5. The summed E-state index contributed by atoms with van der Waals surface area (Å²) < 4.78 is 13.2. The molecule has 1 aliphatic heterocycles. The van der Waals surface area contributed by atoms with E-state index >= 15 is 0 Å². The van der Waals surface area contributed by atoms with Gasteiger partial charge in [0, 0.05) is 50.4 Å². The number of aryl methyl sites for hydroxylation is 2. The van der Waals surface area contributed by atoms with Crippen molar-refractivity contribution in [2.24, 2.45) is 0 Å². The predicted molar refractivity (Wildman–Crippen MR) is 159 cm³/mol. The maximum atomic E-state index is 13.2. The minimum absolute atomic E-state index is 0.0818. The molecule has 1 amide bonds. The number of aliphatic carboxylic acids is 2. The third-order valence-electron chi connectivity index (χ3n) is 7.51. The Morgan fingerprint density at radius 1 is 0.786 bits per heavy atom. The number of anilines is 1. The molecule has 0 atom stereocenters. The molecule has 5 rings (SSSR count). The maximum absolute atomic E-state index is 13.2. The van der Waals surface area contributed by atoms with Crippen molar-refractivity contribution in [2.45, 2.75) is 31.7 Å². The fourth-order valence-corrected chi connectivity index (χ4v) is 5.40. The van der Waals surface area contributed by atoms with Crippen LogP contribution in [0.2, 0.25) is 0 Å². The zero-order valence-electron chi connectivity index (χ0n) is 23.4. The van der Waals surface area contributed by atoms with Crippen LogP contribution in [0.3, 0.4) is 0 Å². The molecule has 1 saturated heterocycles. The molecule has 0 aromatic heterocycles. The Bertz CT molecular complexity index is 1340. The first-order chi connectivity index (χ1) is 20.3. The van der Waals surface area contributed by atoms with E-state index in [2.05, 4.69) is 63.6 Å². The van der Waals surface area contributed by atoms with E-state index in [1.807, 2.05) is 12.1 Å². The molecule has 0 unspecified atom stereocenters. The second-order valence-electron chi connectivity index (χ2n) is 10.3. The number of hydrogen-bond donors (Lipinski definition) is 3. The summed E-state index contributed by atoms with van der Waals surface area (Å²) >= 11 is 0. The Morgan fingerprint density at radius 3 is 1.83 bits per heavy atom. The van der Waals surface area contributed by atoms with E-state index in [0.29, 0.717) is 18.6 Å². The largest absolute Gasteiger partial charge is 0.478 e. The number of carboxylic acid groups (broad SMARTS) is 2. The highest BCUT2D eigenvalue weighted by atomic mass is 19.1. The van der Waals surface area contributed by atoms with Crippen LogP contribution in [0.4, 0.5) is 10.1 Å². The molecule has 0 bridgehead atoms. The molecule has 42 heavy (non-hydrogen) atoms. The summed E-state index contributed by atoms with van der Waals surface area (Å²) in [6.07, 6.45) is 4.50. The number of nitrogens with zero attached hydrogens (tertiary/aromatic N) is 2. The lowest BCUT2D eigenvalue weighted by Crippen LogP contribution is -2.46. The molecular weight excluding hydrogens is 537 g/mol. The molecule has 220 valence electrons. The van der Waals surface area contributed by atoms with Crippen molar-refractivity contribution in [3.63, 3.8) is 0 Å². The number of amides is 1. The fraction of sp³-hybridized carbons (Fsp3) is 0.303. The molecule has 1 heterocycles. The van der Waals surface area contributed by atoms with Gasteiger partial charge in [-0.25, -0.2) is 14.0 Å². The topological polar surface area (TPSA) is 110 Å². The first kappa shape index (κ1) is 30.5. The van der Waals surface area contributed by atoms with Crippen molar-refractivity contribution in [1.82, 2.24) is 10.2 Å². The summed E-state index contributed by atoms with van der Waals surface area (Å²) in [5, 5.41) is 19.0. The minimum Gasteiger partial charge on any atom is -0.478 e. The summed E-state index contributed by atoms with van der Waals surface area (Å²) in [6.45, 7) is 4.69. The van der Waals surface area contributed by atoms with Crippen LogP contribution in [0.25, 0.3) is 0 Å². The highest BCUT2D eigenvalue weighted by Crippen LogP contribution is 2.32. The van der Waals surface area contributed by atoms with Gasteiger partial charge >= 0.3 is 11.9 Å². The van der Waals surface area contributed by atoms with Gasteiger partial charge in [0.1, 0.15) is 5.82 Å². The van der Waals surface area contributed by atoms with E-state index in [9.17, 15) is 18.8 Å². The lowest BCUT2D eigenvalue weighted by molar-refractivity contribution is -0.134. The second-order valence-corrected chi connectivity index (χ2v) is 10.3. The van der Waals surface area contributed by atoms with E-state index in [-0.39, 0.29) is 17.8 Å². The van der Waals surface area contributed by atoms with Crippen molar-refractivity contribution in [3.8, 4) is 0 Å². The van der Waals surface area contributed by atoms with Gasteiger partial charge in [0.25, 0.3) is 0 Å². The fourth-order valence-electron chi connectivity index (χ4n) is 5.40. The van der Waals surface area contributed by atoms with Gasteiger partial charge in [0.15, 0.2) is 0 Å². The van der Waals surface area contributed by atoms with Crippen molar-refractivity contribution in [2.75, 3.05) is 37.6 Å². The Hall–Kier alpha value is -4.50. The van der Waals surface area contributed by atoms with Gasteiger partial charge in [-0.2, -0.15) is 0 Å². The first-order valence-corrected chi connectivity index (χ1v) is 14.1. The van der Waals surface area contributed by atoms with Crippen LogP contribution in [0, 0.1) is 5.82 Å². The number of benzene rings is 3. The summed E-state index contributed by atoms with van der Waals surface area (Å²) in [7, 11) is 0. The SMILES string of the molecule is O=C(CCCN1CCN(c2ccc(F)cc2)CC1)NC1c2ccccc2CCc2ccccc21.O=C(O)/C=C\C(=O)O. The molecule has 3 aromatic rings. The van der Waals surface area contributed by atoms with E-state index in [0.717, 1.165) is 57.7 Å². The molecule has 1 fully saturated rings. The van der Waals surface area contributed by atoms with E-state index in [4.69, 9.17) is 10.2 Å². The third kappa shape index (κ3) is 8.75. The van der Waals surface area contributed by atoms with Gasteiger partial charge < -0.3 is 20.4 Å². The van der Waals surface area contributed by atoms with Crippen molar-refractivity contribution in [3.05, 3.63) is 113 Å². The van der Waals surface area contributed by atoms with Crippen LogP contribution in [0.5, 0.6) is 0 Å². The zero-order chi connectivity index (χ0) is 29.9. The third-order valence-corrected chi connectivity index (χ3v) is 7.51. The first-order valence-electron chi connectivity index (χ1n) is 14.1. The molecule has 0 saturated carbocycles. The monoisotopic (exact) mass is 573 g/mol. The average molecular weight is 574 g/mol. The van der Waals surface area contributed by atoms with E-state index in [1.165, 1.54) is 34.4 Å². The Labute approximate surface area is 245 Å². The van der Waals surface area contributed by atoms with Crippen LogP contribution in [-0.4, -0.2) is 65.7 Å². The van der Waals surface area contributed by atoms with Crippen LogP contribution in [0.15, 0.2) is 84.9 Å². The molecule has 1 aliphatic carbocycles. The van der Waals surface area contributed by atoms with Gasteiger partial charge in [-0.3, -0.25) is 9.69 Å². The summed E-state index contributed by atoms with van der Waals surface area (Å²) in [4.78, 5) is 36.8. The average Bonchev–Trinajstić information content (AvgIpc) is 3.14. The lowest BCUT2D eigenvalue weighted by atomic mass is 9.94. The normalized spacial score (nSPS) is 15.1. The summed E-state index contributed by atoms with van der Waals surface area (Å²) in [5.74, 6) is -2.60. The van der Waals surface area contributed by atoms with Gasteiger partial charge in [0.2, 0.25) is 5.91 Å². The second kappa shape index (κ2) is 14.9. The van der Waals surface area contributed by atoms with Crippen molar-refractivity contribution >= 4 is 23.5 Å². The predicted octanol–water partition coefficient (Wildman–Crippen LogP) is 4.44. The van der Waals surface area contributed by atoms with Crippen LogP contribution in [-0.2, 0) is 27.2 Å². The Balaban J connectivity index is 0.000000446. The van der Waals surface area contributed by atoms with Crippen LogP contribution < -0.4 is 10.2 Å². The van der Waals surface area contributed by atoms with Crippen molar-refractivity contribution in [1.29, 1.82) is 0 Å². The Morgan fingerprint density at radius 2 is 1.31 bits per heavy atom. The number of rotatable bonds is 8. The summed E-state index contributed by atoms with van der Waals surface area (Å²) in [5.41, 5.74) is 6.16. The van der Waals surface area contributed by atoms with Gasteiger partial charge in [0.05, 0.1) is 6.04 Å². The van der Waals surface area contributed by atoms with Crippen LogP contribution >= 0.6 is 0 Å². The van der Waals surface area contributed by atoms with Crippen molar-refractivity contribution < 1.29 is 29.0 Å². The smallest absolute Gasteiger partial charge is 0.328 e. The van der Waals surface area contributed by atoms with E-state index in [1.54, 1.807) is 0 Å². The molecule has 2 aliphatic rings. The minimum atomic E-state index is -1.26. The number of carbonyl (C=O) groups is 3. The quantitative estimate of drug-likeness (QED) is 0.342. The molecule has 0 spiro atoms. The highest BCUT2D eigenvalue weighted by Gasteiger charge is 2.25. The molecule has 3 aromatic carbocycles. The molecule has 9 heteroatoms. The number of halogens is 1. The van der Waals surface area contributed by atoms with E-state index < -0.39 is 11.9 Å². The number of carbonyl (C=O) groups excluding carboxylic acids is 1. The van der Waals surface area contributed by atoms with Crippen LogP contribution in [0.1, 0.15) is 41.1 Å². The highest BCUT2D eigenvalue weighted by molar-refractivity contribution is 5.89.